The quantitative estimate of drug-likeness (QED) is 0.176. The van der Waals surface area contributed by atoms with Crippen LogP contribution in [0.4, 0.5) is 4.79 Å². The molecule has 0 radical (unpaired) electrons. The molecule has 1 amide bonds. The van der Waals surface area contributed by atoms with Crippen molar-refractivity contribution in [2.75, 3.05) is 47.9 Å². The van der Waals surface area contributed by atoms with Gasteiger partial charge in [-0.05, 0) is 57.6 Å². The van der Waals surface area contributed by atoms with Crippen molar-refractivity contribution in [2.24, 2.45) is 11.8 Å². The van der Waals surface area contributed by atoms with Gasteiger partial charge in [0.2, 0.25) is 12.5 Å². The summed E-state index contributed by atoms with van der Waals surface area (Å²) in [7, 11) is 4.56. The molecule has 262 valence electrons. The minimum atomic E-state index is -0.888. The van der Waals surface area contributed by atoms with E-state index in [2.05, 4.69) is 17.4 Å². The fourth-order valence-electron chi connectivity index (χ4n) is 7.92. The van der Waals surface area contributed by atoms with Gasteiger partial charge in [-0.2, -0.15) is 0 Å². The Morgan fingerprint density at radius 1 is 0.784 bits per heavy atom. The number of cyclic esters (lactones) is 1. The second kappa shape index (κ2) is 13.1. The standard InChI is InChI=1S/C39H35NO11/c1-44-31-12-20(13-32(45-2)37(31)46-3)34-25-14-29-30(50-19-49-29)15-26(25)36(28-18-47-38(42)35(28)34)51-33(41)16-40-39(43)48-17-27-23-10-6-4-8-21(23)22-9-5-7-11-24(22)27/h4-15,27-28,34-36H,16-19H2,1-3H3,(H,40,43)/t28-,34+,35+,36-/m0/s1. The summed E-state index contributed by atoms with van der Waals surface area (Å²) >= 11 is 0. The van der Waals surface area contributed by atoms with Crippen molar-refractivity contribution in [1.82, 2.24) is 5.32 Å². The zero-order chi connectivity index (χ0) is 35.2. The predicted molar refractivity (Wildman–Crippen MR) is 180 cm³/mol. The molecule has 0 aromatic heterocycles. The summed E-state index contributed by atoms with van der Waals surface area (Å²) in [6.07, 6.45) is -1.64. The van der Waals surface area contributed by atoms with Crippen LogP contribution in [0.2, 0.25) is 0 Å². The van der Waals surface area contributed by atoms with Crippen molar-refractivity contribution in [3.8, 4) is 39.9 Å². The van der Waals surface area contributed by atoms with Crippen LogP contribution in [0.3, 0.4) is 0 Å². The first-order valence-electron chi connectivity index (χ1n) is 16.6. The molecule has 51 heavy (non-hydrogen) atoms. The third-order valence-corrected chi connectivity index (χ3v) is 10.1. The average Bonchev–Trinajstić information content (AvgIpc) is 3.87. The Balaban J connectivity index is 1.03. The summed E-state index contributed by atoms with van der Waals surface area (Å²) in [6, 6.07) is 23.3. The van der Waals surface area contributed by atoms with E-state index in [1.165, 1.54) is 21.3 Å². The van der Waals surface area contributed by atoms with Crippen molar-refractivity contribution in [3.05, 3.63) is 101 Å². The van der Waals surface area contributed by atoms with Crippen LogP contribution in [-0.4, -0.2) is 65.9 Å². The first kappa shape index (κ1) is 32.3. The second-order valence-electron chi connectivity index (χ2n) is 12.7. The van der Waals surface area contributed by atoms with Crippen LogP contribution < -0.4 is 29.0 Å². The number of alkyl carbamates (subject to hydrolysis) is 1. The Labute approximate surface area is 293 Å². The van der Waals surface area contributed by atoms with Crippen LogP contribution in [0.15, 0.2) is 72.8 Å². The fourth-order valence-corrected chi connectivity index (χ4v) is 7.92. The number of benzene rings is 4. The van der Waals surface area contributed by atoms with Crippen molar-refractivity contribution < 1.29 is 52.3 Å². The third-order valence-electron chi connectivity index (χ3n) is 10.1. The molecule has 4 aromatic carbocycles. The van der Waals surface area contributed by atoms with Gasteiger partial charge < -0.3 is 43.2 Å². The van der Waals surface area contributed by atoms with Crippen LogP contribution >= 0.6 is 0 Å². The Bertz CT molecular complexity index is 1970. The van der Waals surface area contributed by atoms with Crippen molar-refractivity contribution in [2.45, 2.75) is 17.9 Å². The highest BCUT2D eigenvalue weighted by Gasteiger charge is 2.54. The van der Waals surface area contributed by atoms with E-state index in [1.54, 1.807) is 18.2 Å². The van der Waals surface area contributed by atoms with E-state index in [-0.39, 0.29) is 25.9 Å². The van der Waals surface area contributed by atoms with Gasteiger partial charge in [0.25, 0.3) is 0 Å². The highest BCUT2D eigenvalue weighted by molar-refractivity contribution is 5.82. The van der Waals surface area contributed by atoms with Gasteiger partial charge in [-0.1, -0.05) is 48.5 Å². The largest absolute Gasteiger partial charge is 0.493 e. The van der Waals surface area contributed by atoms with Crippen LogP contribution in [0, 0.1) is 11.8 Å². The highest BCUT2D eigenvalue weighted by Crippen LogP contribution is 2.56. The zero-order valence-corrected chi connectivity index (χ0v) is 28.1. The maximum Gasteiger partial charge on any atom is 0.407 e. The molecule has 2 aliphatic carbocycles. The number of rotatable bonds is 9. The van der Waals surface area contributed by atoms with Crippen LogP contribution in [0.25, 0.3) is 11.1 Å². The second-order valence-corrected chi connectivity index (χ2v) is 12.7. The molecule has 2 aliphatic heterocycles. The van der Waals surface area contributed by atoms with Crippen LogP contribution in [0.5, 0.6) is 28.7 Å². The summed E-state index contributed by atoms with van der Waals surface area (Å²) in [5.74, 6) is -0.851. The monoisotopic (exact) mass is 693 g/mol. The number of methoxy groups -OCH3 is 3. The number of nitrogens with one attached hydrogen (secondary N) is 1. The molecule has 1 N–H and O–H groups in total. The topological polar surface area (TPSA) is 137 Å². The smallest absolute Gasteiger partial charge is 0.407 e. The Hall–Kier alpha value is -5.91. The normalized spacial score (nSPS) is 20.6. The van der Waals surface area contributed by atoms with Gasteiger partial charge in [-0.25, -0.2) is 4.79 Å². The van der Waals surface area contributed by atoms with Gasteiger partial charge in [0.15, 0.2) is 23.0 Å². The zero-order valence-electron chi connectivity index (χ0n) is 28.1. The highest BCUT2D eigenvalue weighted by atomic mass is 16.7. The molecule has 12 heteroatoms. The lowest BCUT2D eigenvalue weighted by atomic mass is 9.66. The Morgan fingerprint density at radius 2 is 1.41 bits per heavy atom. The molecular formula is C39H35NO11. The van der Waals surface area contributed by atoms with Crippen LogP contribution in [-0.2, 0) is 23.8 Å². The lowest BCUT2D eigenvalue weighted by Crippen LogP contribution is -2.38. The van der Waals surface area contributed by atoms with E-state index in [9.17, 15) is 14.4 Å². The summed E-state index contributed by atoms with van der Waals surface area (Å²) in [5.41, 5.74) is 6.41. The van der Waals surface area contributed by atoms with Gasteiger partial charge in [-0.15, -0.1) is 0 Å². The molecule has 4 aliphatic rings. The van der Waals surface area contributed by atoms with Gasteiger partial charge in [0, 0.05) is 23.3 Å². The average molecular weight is 694 g/mol. The molecule has 4 atom stereocenters. The maximum atomic E-state index is 13.5. The van der Waals surface area contributed by atoms with Gasteiger partial charge in [0.1, 0.15) is 19.3 Å². The van der Waals surface area contributed by atoms with Crippen molar-refractivity contribution >= 4 is 18.0 Å². The minimum absolute atomic E-state index is 0.0239. The lowest BCUT2D eigenvalue weighted by molar-refractivity contribution is -0.153. The molecule has 8 rings (SSSR count). The maximum absolute atomic E-state index is 13.5. The summed E-state index contributed by atoms with van der Waals surface area (Å²) in [4.78, 5) is 39.7. The molecule has 4 aromatic rings. The first-order chi connectivity index (χ1) is 24.9. The van der Waals surface area contributed by atoms with E-state index in [4.69, 9.17) is 37.9 Å². The van der Waals surface area contributed by atoms with Gasteiger partial charge in [-0.3, -0.25) is 9.59 Å². The third kappa shape index (κ3) is 5.51. The van der Waals surface area contributed by atoms with E-state index >= 15 is 0 Å². The number of fused-ring (bicyclic) bond motifs is 6. The fraction of sp³-hybridized carbons (Fsp3) is 0.308. The van der Waals surface area contributed by atoms with E-state index < -0.39 is 48.4 Å². The van der Waals surface area contributed by atoms with Gasteiger partial charge in [0.05, 0.1) is 33.9 Å². The molecule has 1 fully saturated rings. The number of carbonyl (C=O) groups is 3. The SMILES string of the molecule is COc1cc([C@@H]2c3cc4c(cc3[C@H](OC(=O)CNC(=O)OCC3c5ccccc5-c5ccccc53)[C@H]3COC(=O)[C@@H]23)OCO4)cc(OC)c1OC. The molecule has 0 spiro atoms. The number of hydrogen-bond acceptors (Lipinski definition) is 11. The van der Waals surface area contributed by atoms with Gasteiger partial charge >= 0.3 is 18.0 Å². The number of hydrogen-bond donors (Lipinski definition) is 1. The molecule has 12 nitrogen and oxygen atoms in total. The summed E-state index contributed by atoms with van der Waals surface area (Å²) in [6.45, 7) is -0.300. The number of esters is 2. The molecular weight excluding hydrogens is 658 g/mol. The Kier molecular flexibility index (Phi) is 8.29. The molecule has 0 unspecified atom stereocenters. The van der Waals surface area contributed by atoms with E-state index in [0.717, 1.165) is 22.3 Å². The Morgan fingerprint density at radius 3 is 2.04 bits per heavy atom. The molecule has 0 bridgehead atoms. The van der Waals surface area contributed by atoms with Crippen molar-refractivity contribution in [1.29, 1.82) is 0 Å². The van der Waals surface area contributed by atoms with E-state index in [0.29, 0.717) is 45.4 Å². The first-order valence-corrected chi connectivity index (χ1v) is 16.6. The number of amides is 1. The summed E-state index contributed by atoms with van der Waals surface area (Å²) < 4.78 is 45.5. The van der Waals surface area contributed by atoms with Crippen molar-refractivity contribution in [3.63, 3.8) is 0 Å². The molecule has 2 heterocycles. The number of ether oxygens (including phenoxy) is 8. The molecule has 0 saturated carbocycles. The number of carbonyl (C=O) groups excluding carboxylic acids is 3. The summed E-state index contributed by atoms with van der Waals surface area (Å²) in [5, 5.41) is 2.53. The van der Waals surface area contributed by atoms with E-state index in [1.807, 2.05) is 42.5 Å². The lowest BCUT2D eigenvalue weighted by Gasteiger charge is -2.38. The molecule has 1 saturated heterocycles. The predicted octanol–water partition coefficient (Wildman–Crippen LogP) is 5.50. The van der Waals surface area contributed by atoms with Crippen LogP contribution in [0.1, 0.15) is 45.8 Å². The minimum Gasteiger partial charge on any atom is -0.493 e.